The van der Waals surface area contributed by atoms with Crippen LogP contribution < -0.4 is 5.32 Å². The molecule has 0 bridgehead atoms. The molecule has 0 saturated carbocycles. The van der Waals surface area contributed by atoms with Crippen molar-refractivity contribution in [3.63, 3.8) is 0 Å². The first kappa shape index (κ1) is 16.4. The van der Waals surface area contributed by atoms with Crippen molar-refractivity contribution in [1.29, 1.82) is 0 Å². The van der Waals surface area contributed by atoms with E-state index in [1.165, 1.54) is 0 Å². The highest BCUT2D eigenvalue weighted by atomic mass is 16.5. The predicted molar refractivity (Wildman–Crippen MR) is 81.4 cm³/mol. The summed E-state index contributed by atoms with van der Waals surface area (Å²) in [6.45, 7) is 4.92. The van der Waals surface area contributed by atoms with Crippen LogP contribution >= 0.6 is 0 Å². The number of carbonyl (C=O) groups is 1. The van der Waals surface area contributed by atoms with E-state index in [9.17, 15) is 4.79 Å². The summed E-state index contributed by atoms with van der Waals surface area (Å²) in [6, 6.07) is 5.47. The number of fused-ring (bicyclic) bond motifs is 1. The molecule has 7 heteroatoms. The second-order valence-corrected chi connectivity index (χ2v) is 5.32. The minimum absolute atomic E-state index is 0.00329. The summed E-state index contributed by atoms with van der Waals surface area (Å²) >= 11 is 0. The number of nitrogens with one attached hydrogen (secondary N) is 1. The molecule has 1 atom stereocenters. The Morgan fingerprint density at radius 2 is 2.14 bits per heavy atom. The number of pyridine rings is 1. The standard InChI is InChI=1S/C15H22N4O3/c1-11(2)14(16-13(20)10-22-9-8-21-3)15-18-17-12-6-4-5-7-19(12)15/h4-7,11,14H,8-10H2,1-3H3,(H,16,20). The summed E-state index contributed by atoms with van der Waals surface area (Å²) < 4.78 is 12.0. The fourth-order valence-electron chi connectivity index (χ4n) is 2.12. The van der Waals surface area contributed by atoms with E-state index in [4.69, 9.17) is 9.47 Å². The van der Waals surface area contributed by atoms with Gasteiger partial charge in [-0.25, -0.2) is 0 Å². The van der Waals surface area contributed by atoms with Gasteiger partial charge in [-0.05, 0) is 18.1 Å². The van der Waals surface area contributed by atoms with Gasteiger partial charge >= 0.3 is 0 Å². The molecule has 2 rings (SSSR count). The summed E-state index contributed by atoms with van der Waals surface area (Å²) in [6.07, 6.45) is 1.89. The monoisotopic (exact) mass is 306 g/mol. The molecular weight excluding hydrogens is 284 g/mol. The van der Waals surface area contributed by atoms with Crippen LogP contribution in [0.15, 0.2) is 24.4 Å². The molecule has 0 radical (unpaired) electrons. The third-order valence-electron chi connectivity index (χ3n) is 3.27. The molecule has 1 unspecified atom stereocenters. The lowest BCUT2D eigenvalue weighted by atomic mass is 10.0. The van der Waals surface area contributed by atoms with Gasteiger partial charge in [0.15, 0.2) is 11.5 Å². The van der Waals surface area contributed by atoms with Crippen molar-refractivity contribution in [3.8, 4) is 0 Å². The van der Waals surface area contributed by atoms with Crippen LogP contribution in [-0.2, 0) is 14.3 Å². The maximum absolute atomic E-state index is 12.0. The minimum atomic E-state index is -0.226. The predicted octanol–water partition coefficient (Wildman–Crippen LogP) is 1.21. The van der Waals surface area contributed by atoms with E-state index in [1.54, 1.807) is 7.11 Å². The van der Waals surface area contributed by atoms with Crippen molar-refractivity contribution in [2.75, 3.05) is 26.9 Å². The van der Waals surface area contributed by atoms with Crippen LogP contribution in [0.4, 0.5) is 0 Å². The molecule has 0 aliphatic carbocycles. The highest BCUT2D eigenvalue weighted by Gasteiger charge is 2.23. The summed E-state index contributed by atoms with van der Waals surface area (Å²) in [5.41, 5.74) is 0.758. The maximum atomic E-state index is 12.0. The maximum Gasteiger partial charge on any atom is 0.246 e. The third-order valence-corrected chi connectivity index (χ3v) is 3.27. The first-order chi connectivity index (χ1) is 10.6. The summed E-state index contributed by atoms with van der Waals surface area (Å²) in [5.74, 6) is 0.717. The van der Waals surface area contributed by atoms with Crippen molar-refractivity contribution < 1.29 is 14.3 Å². The van der Waals surface area contributed by atoms with Crippen LogP contribution in [0.1, 0.15) is 25.7 Å². The Hall–Kier alpha value is -1.99. The molecule has 7 nitrogen and oxygen atoms in total. The van der Waals surface area contributed by atoms with E-state index in [-0.39, 0.29) is 24.5 Å². The lowest BCUT2D eigenvalue weighted by Crippen LogP contribution is -2.35. The lowest BCUT2D eigenvalue weighted by Gasteiger charge is -2.20. The second-order valence-electron chi connectivity index (χ2n) is 5.32. The number of rotatable bonds is 8. The molecular formula is C15H22N4O3. The molecule has 1 N–H and O–H groups in total. The molecule has 120 valence electrons. The highest BCUT2D eigenvalue weighted by Crippen LogP contribution is 2.20. The summed E-state index contributed by atoms with van der Waals surface area (Å²) in [4.78, 5) is 12.0. The molecule has 2 aromatic heterocycles. The van der Waals surface area contributed by atoms with Crippen LogP contribution in [-0.4, -0.2) is 47.4 Å². The molecule has 0 aliphatic heterocycles. The van der Waals surface area contributed by atoms with Gasteiger partial charge in [-0.3, -0.25) is 9.20 Å². The first-order valence-electron chi connectivity index (χ1n) is 7.29. The molecule has 0 aliphatic rings. The molecule has 0 fully saturated rings. The van der Waals surface area contributed by atoms with Crippen molar-refractivity contribution in [2.45, 2.75) is 19.9 Å². The van der Waals surface area contributed by atoms with Crippen LogP contribution in [0.5, 0.6) is 0 Å². The van der Waals surface area contributed by atoms with Crippen molar-refractivity contribution in [3.05, 3.63) is 30.2 Å². The molecule has 0 saturated heterocycles. The van der Waals surface area contributed by atoms with Gasteiger partial charge in [0, 0.05) is 13.3 Å². The van der Waals surface area contributed by atoms with Gasteiger partial charge in [0.1, 0.15) is 6.61 Å². The lowest BCUT2D eigenvalue weighted by molar-refractivity contribution is -0.127. The largest absolute Gasteiger partial charge is 0.382 e. The topological polar surface area (TPSA) is 77.8 Å². The van der Waals surface area contributed by atoms with E-state index in [2.05, 4.69) is 15.5 Å². The number of nitrogens with zero attached hydrogens (tertiary/aromatic N) is 3. The normalized spacial score (nSPS) is 12.7. The molecule has 2 heterocycles. The average molecular weight is 306 g/mol. The molecule has 0 aromatic carbocycles. The Kier molecular flexibility index (Phi) is 5.85. The van der Waals surface area contributed by atoms with Gasteiger partial charge in [-0.15, -0.1) is 10.2 Å². The van der Waals surface area contributed by atoms with Gasteiger partial charge in [0.05, 0.1) is 19.3 Å². The Morgan fingerprint density at radius 1 is 1.32 bits per heavy atom. The Labute approximate surface area is 129 Å². The number of amides is 1. The second kappa shape index (κ2) is 7.86. The SMILES string of the molecule is COCCOCC(=O)NC(c1nnc2ccccn12)C(C)C. The number of carbonyl (C=O) groups excluding carboxylic acids is 1. The molecule has 22 heavy (non-hydrogen) atoms. The first-order valence-corrected chi connectivity index (χ1v) is 7.29. The number of hydrogen-bond donors (Lipinski definition) is 1. The molecule has 1 amide bonds. The van der Waals surface area contributed by atoms with Gasteiger partial charge in [-0.2, -0.15) is 0 Å². The number of hydrogen-bond acceptors (Lipinski definition) is 5. The average Bonchev–Trinajstić information content (AvgIpc) is 2.93. The van der Waals surface area contributed by atoms with Crippen molar-refractivity contribution in [1.82, 2.24) is 19.9 Å². The van der Waals surface area contributed by atoms with Gasteiger partial charge in [0.2, 0.25) is 5.91 Å². The third kappa shape index (κ3) is 4.02. The fourth-order valence-corrected chi connectivity index (χ4v) is 2.12. The van der Waals surface area contributed by atoms with Crippen molar-refractivity contribution >= 4 is 11.6 Å². The van der Waals surface area contributed by atoms with Crippen LogP contribution in [0.2, 0.25) is 0 Å². The smallest absolute Gasteiger partial charge is 0.246 e. The zero-order valence-electron chi connectivity index (χ0n) is 13.2. The minimum Gasteiger partial charge on any atom is -0.382 e. The van der Waals surface area contributed by atoms with Crippen molar-refractivity contribution in [2.24, 2.45) is 5.92 Å². The Morgan fingerprint density at radius 3 is 2.86 bits per heavy atom. The highest BCUT2D eigenvalue weighted by molar-refractivity contribution is 5.77. The van der Waals surface area contributed by atoms with Gasteiger partial charge in [0.25, 0.3) is 0 Å². The summed E-state index contributed by atoms with van der Waals surface area (Å²) in [5, 5.41) is 11.3. The number of aromatic nitrogens is 3. The zero-order valence-corrected chi connectivity index (χ0v) is 13.2. The number of ether oxygens (including phenoxy) is 2. The number of methoxy groups -OCH3 is 1. The van der Waals surface area contributed by atoms with Crippen LogP contribution in [0.3, 0.4) is 0 Å². The van der Waals surface area contributed by atoms with Crippen LogP contribution in [0, 0.1) is 5.92 Å². The molecule has 0 spiro atoms. The molecule has 2 aromatic rings. The quantitative estimate of drug-likeness (QED) is 0.742. The van der Waals surface area contributed by atoms with Crippen LogP contribution in [0.25, 0.3) is 5.65 Å². The van der Waals surface area contributed by atoms with E-state index in [1.807, 2.05) is 42.6 Å². The van der Waals surface area contributed by atoms with E-state index < -0.39 is 0 Å². The van der Waals surface area contributed by atoms with E-state index in [0.717, 1.165) is 11.5 Å². The van der Waals surface area contributed by atoms with Gasteiger partial charge < -0.3 is 14.8 Å². The van der Waals surface area contributed by atoms with E-state index in [0.29, 0.717) is 13.2 Å². The fraction of sp³-hybridized carbons (Fsp3) is 0.533. The summed E-state index contributed by atoms with van der Waals surface area (Å²) in [7, 11) is 1.59. The van der Waals surface area contributed by atoms with Gasteiger partial charge in [-0.1, -0.05) is 19.9 Å². The van der Waals surface area contributed by atoms with E-state index >= 15 is 0 Å². The zero-order chi connectivity index (χ0) is 15.9. The Bertz CT molecular complexity index is 612. The Balaban J connectivity index is 2.05.